The van der Waals surface area contributed by atoms with Gasteiger partial charge in [-0.15, -0.1) is 0 Å². The molecule has 7 heteroatoms. The fourth-order valence-corrected chi connectivity index (χ4v) is 3.43. The maximum Gasteiger partial charge on any atom is 0.265 e. The molecule has 0 saturated heterocycles. The monoisotopic (exact) mass is 424 g/mol. The number of hydrogen-bond donors (Lipinski definition) is 1. The summed E-state index contributed by atoms with van der Waals surface area (Å²) in [4.78, 5) is 26.5. The van der Waals surface area contributed by atoms with Crippen LogP contribution in [0.15, 0.2) is 60.7 Å². The molecule has 0 bridgehead atoms. The van der Waals surface area contributed by atoms with Crippen molar-refractivity contribution < 1.29 is 18.7 Å². The zero-order chi connectivity index (χ0) is 21.3. The summed E-state index contributed by atoms with van der Waals surface area (Å²) in [5, 5.41) is 3.05. The first-order chi connectivity index (χ1) is 14.4. The van der Waals surface area contributed by atoms with Crippen LogP contribution in [0.1, 0.15) is 21.5 Å². The highest BCUT2D eigenvalue weighted by atomic mass is 35.5. The summed E-state index contributed by atoms with van der Waals surface area (Å²) in [6.45, 7) is 1.74. The molecule has 0 aromatic heterocycles. The number of aryl methyl sites for hydroxylation is 1. The number of amides is 2. The summed E-state index contributed by atoms with van der Waals surface area (Å²) in [6, 6.07) is 16.6. The van der Waals surface area contributed by atoms with Crippen molar-refractivity contribution in [3.05, 3.63) is 88.2 Å². The lowest BCUT2D eigenvalue weighted by Gasteiger charge is -2.30. The van der Waals surface area contributed by atoms with Crippen molar-refractivity contribution in [2.75, 3.05) is 16.8 Å². The zero-order valence-corrected chi connectivity index (χ0v) is 16.9. The maximum absolute atomic E-state index is 14.3. The van der Waals surface area contributed by atoms with E-state index in [2.05, 4.69) is 5.32 Å². The lowest BCUT2D eigenvalue weighted by molar-refractivity contribution is -0.121. The van der Waals surface area contributed by atoms with E-state index >= 15 is 0 Å². The molecule has 2 amide bonds. The molecule has 0 spiro atoms. The van der Waals surface area contributed by atoms with Crippen LogP contribution in [0, 0.1) is 12.7 Å². The van der Waals surface area contributed by atoms with Crippen molar-refractivity contribution in [3.63, 3.8) is 0 Å². The van der Waals surface area contributed by atoms with E-state index in [-0.39, 0.29) is 35.6 Å². The Morgan fingerprint density at radius 1 is 1.17 bits per heavy atom. The first-order valence-corrected chi connectivity index (χ1v) is 9.68. The second kappa shape index (κ2) is 8.16. The number of nitrogens with one attached hydrogen (secondary N) is 1. The van der Waals surface area contributed by atoms with Crippen LogP contribution in [0.3, 0.4) is 0 Å². The third kappa shape index (κ3) is 4.00. The number of benzene rings is 3. The number of halogens is 2. The van der Waals surface area contributed by atoms with Crippen LogP contribution in [0.25, 0.3) is 0 Å². The summed E-state index contributed by atoms with van der Waals surface area (Å²) >= 11 is 6.14. The Morgan fingerprint density at radius 3 is 2.67 bits per heavy atom. The molecule has 4 rings (SSSR count). The van der Waals surface area contributed by atoms with Crippen LogP contribution < -0.4 is 15.0 Å². The van der Waals surface area contributed by atoms with Crippen molar-refractivity contribution in [1.29, 1.82) is 0 Å². The van der Waals surface area contributed by atoms with Crippen molar-refractivity contribution in [2.45, 2.75) is 13.5 Å². The second-order valence-corrected chi connectivity index (χ2v) is 7.38. The van der Waals surface area contributed by atoms with Gasteiger partial charge in [-0.3, -0.25) is 9.59 Å². The van der Waals surface area contributed by atoms with Gasteiger partial charge < -0.3 is 15.0 Å². The topological polar surface area (TPSA) is 58.6 Å². The Bertz CT molecular complexity index is 1110. The fourth-order valence-electron chi connectivity index (χ4n) is 3.20. The van der Waals surface area contributed by atoms with Gasteiger partial charge in [0, 0.05) is 21.8 Å². The second-order valence-electron chi connectivity index (χ2n) is 6.97. The smallest absolute Gasteiger partial charge is 0.265 e. The molecule has 0 fully saturated rings. The predicted molar refractivity (Wildman–Crippen MR) is 114 cm³/mol. The molecule has 1 aliphatic heterocycles. The van der Waals surface area contributed by atoms with E-state index in [1.165, 1.54) is 17.0 Å². The molecule has 0 radical (unpaired) electrons. The molecule has 152 valence electrons. The molecular formula is C23H18ClFN2O3. The third-order valence-electron chi connectivity index (χ3n) is 4.85. The third-order valence-corrected chi connectivity index (χ3v) is 5.21. The zero-order valence-electron chi connectivity index (χ0n) is 16.1. The van der Waals surface area contributed by atoms with Crippen molar-refractivity contribution in [3.8, 4) is 5.75 Å². The van der Waals surface area contributed by atoms with Crippen LogP contribution in [0.5, 0.6) is 5.75 Å². The lowest BCUT2D eigenvalue weighted by atomic mass is 10.1. The molecule has 5 nitrogen and oxygen atoms in total. The summed E-state index contributed by atoms with van der Waals surface area (Å²) < 4.78 is 19.8. The predicted octanol–water partition coefficient (Wildman–Crippen LogP) is 4.97. The fraction of sp³-hybridized carbons (Fsp3) is 0.130. The summed E-state index contributed by atoms with van der Waals surface area (Å²) in [6.07, 6.45) is 0. The van der Waals surface area contributed by atoms with Crippen LogP contribution in [-0.4, -0.2) is 18.4 Å². The molecular weight excluding hydrogens is 407 g/mol. The van der Waals surface area contributed by atoms with Gasteiger partial charge >= 0.3 is 0 Å². The molecule has 3 aromatic carbocycles. The molecule has 0 saturated carbocycles. The highest BCUT2D eigenvalue weighted by molar-refractivity contribution is 6.31. The molecule has 0 aliphatic carbocycles. The Labute approximate surface area is 178 Å². The minimum absolute atomic E-state index is 0.0456. The van der Waals surface area contributed by atoms with E-state index < -0.39 is 5.82 Å². The van der Waals surface area contributed by atoms with E-state index in [0.717, 1.165) is 5.56 Å². The lowest BCUT2D eigenvalue weighted by Crippen LogP contribution is -2.38. The number of hydrogen-bond acceptors (Lipinski definition) is 3. The van der Waals surface area contributed by atoms with Gasteiger partial charge in [0.25, 0.3) is 11.8 Å². The van der Waals surface area contributed by atoms with Gasteiger partial charge in [-0.2, -0.15) is 0 Å². The average molecular weight is 425 g/mol. The number of carbonyl (C=O) groups is 2. The molecule has 1 heterocycles. The number of fused-ring (bicyclic) bond motifs is 1. The summed E-state index contributed by atoms with van der Waals surface area (Å²) in [7, 11) is 0. The van der Waals surface area contributed by atoms with Crippen molar-refractivity contribution in [1.82, 2.24) is 0 Å². The van der Waals surface area contributed by atoms with E-state index in [9.17, 15) is 14.0 Å². The minimum atomic E-state index is -0.493. The van der Waals surface area contributed by atoms with E-state index in [0.29, 0.717) is 22.7 Å². The molecule has 1 N–H and O–H groups in total. The normalized spacial score (nSPS) is 12.9. The molecule has 3 aromatic rings. The molecule has 30 heavy (non-hydrogen) atoms. The van der Waals surface area contributed by atoms with Crippen molar-refractivity contribution >= 4 is 34.8 Å². The van der Waals surface area contributed by atoms with E-state index in [1.54, 1.807) is 36.4 Å². The summed E-state index contributed by atoms with van der Waals surface area (Å²) in [5.41, 5.74) is 2.71. The number of carbonyl (C=O) groups excluding carboxylic acids is 2. The maximum atomic E-state index is 14.3. The standard InChI is InChI=1S/C23H18ClFN2O3/c1-14-5-7-15(8-6-14)23(29)26-16-9-10-21-20(11-16)27(22(28)13-30-21)12-17-18(24)3-2-4-19(17)25/h2-11H,12-13H2,1H3,(H,26,29). The molecule has 0 unspecified atom stereocenters. The minimum Gasteiger partial charge on any atom is -0.482 e. The Kier molecular flexibility index (Phi) is 5.42. The highest BCUT2D eigenvalue weighted by Gasteiger charge is 2.27. The van der Waals surface area contributed by atoms with Gasteiger partial charge in [-0.25, -0.2) is 4.39 Å². The van der Waals surface area contributed by atoms with Gasteiger partial charge in [0.2, 0.25) is 0 Å². The average Bonchev–Trinajstić information content (AvgIpc) is 2.72. The van der Waals surface area contributed by atoms with Crippen molar-refractivity contribution in [2.24, 2.45) is 0 Å². The SMILES string of the molecule is Cc1ccc(C(=O)Nc2ccc3c(c2)N(Cc2c(F)cccc2Cl)C(=O)CO3)cc1. The van der Waals surface area contributed by atoms with E-state index in [4.69, 9.17) is 16.3 Å². The number of rotatable bonds is 4. The first kappa shape index (κ1) is 19.9. The largest absolute Gasteiger partial charge is 0.482 e. The number of nitrogens with zero attached hydrogens (tertiary/aromatic N) is 1. The number of anilines is 2. The first-order valence-electron chi connectivity index (χ1n) is 9.30. The Hall–Kier alpha value is -3.38. The molecule has 1 aliphatic rings. The Morgan fingerprint density at radius 2 is 1.93 bits per heavy atom. The Balaban J connectivity index is 1.63. The number of ether oxygens (including phenoxy) is 1. The summed E-state index contributed by atoms with van der Waals surface area (Å²) in [5.74, 6) is -0.631. The van der Waals surface area contributed by atoms with Crippen LogP contribution in [-0.2, 0) is 11.3 Å². The van der Waals surface area contributed by atoms with Gasteiger partial charge in [0.05, 0.1) is 12.2 Å². The van der Waals surface area contributed by atoms with E-state index in [1.807, 2.05) is 19.1 Å². The van der Waals surface area contributed by atoms with Crippen LogP contribution in [0.4, 0.5) is 15.8 Å². The van der Waals surface area contributed by atoms with Crippen LogP contribution in [0.2, 0.25) is 5.02 Å². The van der Waals surface area contributed by atoms with Crippen LogP contribution >= 0.6 is 11.6 Å². The highest BCUT2D eigenvalue weighted by Crippen LogP contribution is 2.36. The molecule has 0 atom stereocenters. The van der Waals surface area contributed by atoms with Gasteiger partial charge in [-0.1, -0.05) is 35.4 Å². The van der Waals surface area contributed by atoms with Gasteiger partial charge in [-0.05, 0) is 49.4 Å². The van der Waals surface area contributed by atoms with Gasteiger partial charge in [0.15, 0.2) is 6.61 Å². The quantitative estimate of drug-likeness (QED) is 0.643. The van der Waals surface area contributed by atoms with Gasteiger partial charge in [0.1, 0.15) is 11.6 Å².